The van der Waals surface area contributed by atoms with E-state index in [4.69, 9.17) is 4.74 Å². The van der Waals surface area contributed by atoms with Crippen molar-refractivity contribution in [3.8, 4) is 5.75 Å². The summed E-state index contributed by atoms with van der Waals surface area (Å²) in [6.07, 6.45) is -7.28. The molecular weight excluding hydrogens is 584 g/mol. The number of hydrogen-bond acceptors (Lipinski definition) is 4. The third-order valence-electron chi connectivity index (χ3n) is 8.57. The zero-order valence-corrected chi connectivity index (χ0v) is 24.3. The van der Waals surface area contributed by atoms with Gasteiger partial charge in [0.05, 0.1) is 30.7 Å². The van der Waals surface area contributed by atoms with Crippen molar-refractivity contribution in [3.05, 3.63) is 100 Å². The number of carbonyl (C=O) groups excluding carboxylic acids is 1. The van der Waals surface area contributed by atoms with E-state index in [1.807, 2.05) is 24.3 Å². The van der Waals surface area contributed by atoms with E-state index in [0.717, 1.165) is 37.9 Å². The zero-order chi connectivity index (χ0) is 31.5. The van der Waals surface area contributed by atoms with Gasteiger partial charge in [-0.15, -0.1) is 0 Å². The predicted octanol–water partition coefficient (Wildman–Crippen LogP) is 6.83. The van der Waals surface area contributed by atoms with Crippen LogP contribution in [-0.4, -0.2) is 55.5 Å². The Morgan fingerprint density at radius 1 is 0.909 bits per heavy atom. The molecule has 5 nitrogen and oxygen atoms in total. The van der Waals surface area contributed by atoms with E-state index < -0.39 is 35.8 Å². The molecule has 3 aromatic carbocycles. The highest BCUT2D eigenvalue weighted by Crippen LogP contribution is 2.38. The summed E-state index contributed by atoms with van der Waals surface area (Å²) < 4.78 is 85.5. The molecule has 11 heteroatoms. The second-order valence-electron chi connectivity index (χ2n) is 11.3. The number of benzene rings is 3. The number of para-hydroxylation sites is 1. The number of methoxy groups -OCH3 is 1. The number of fused-ring (bicyclic) bond motifs is 1. The van der Waals surface area contributed by atoms with Gasteiger partial charge in [0.2, 0.25) is 5.91 Å². The lowest BCUT2D eigenvalue weighted by atomic mass is 9.86. The van der Waals surface area contributed by atoms with Crippen molar-refractivity contribution in [2.75, 3.05) is 39.8 Å². The van der Waals surface area contributed by atoms with E-state index in [1.165, 1.54) is 11.1 Å². The van der Waals surface area contributed by atoms with E-state index in [9.17, 15) is 31.1 Å². The molecule has 2 aliphatic rings. The Labute approximate surface area is 252 Å². The Kier molecular flexibility index (Phi) is 9.55. The molecule has 1 amide bonds. The van der Waals surface area contributed by atoms with Crippen molar-refractivity contribution in [2.24, 2.45) is 0 Å². The van der Waals surface area contributed by atoms with Crippen LogP contribution in [0.4, 0.5) is 26.3 Å². The molecule has 1 aliphatic carbocycles. The summed E-state index contributed by atoms with van der Waals surface area (Å²) in [6, 6.07) is 17.3. The van der Waals surface area contributed by atoms with Gasteiger partial charge in [-0.1, -0.05) is 42.5 Å². The summed E-state index contributed by atoms with van der Waals surface area (Å²) in [4.78, 5) is 17.7. The van der Waals surface area contributed by atoms with Gasteiger partial charge < -0.3 is 10.1 Å². The van der Waals surface area contributed by atoms with Crippen LogP contribution < -0.4 is 10.1 Å². The highest BCUT2D eigenvalue weighted by molar-refractivity contribution is 5.78. The first kappa shape index (κ1) is 31.8. The van der Waals surface area contributed by atoms with Crippen LogP contribution in [0.25, 0.3) is 0 Å². The molecule has 0 saturated carbocycles. The number of amides is 1. The first-order valence-corrected chi connectivity index (χ1v) is 14.7. The Hall–Kier alpha value is -3.57. The van der Waals surface area contributed by atoms with Gasteiger partial charge in [0, 0.05) is 44.3 Å². The third-order valence-corrected chi connectivity index (χ3v) is 8.57. The van der Waals surface area contributed by atoms with Crippen LogP contribution in [0.1, 0.15) is 58.3 Å². The number of ether oxygens (including phenoxy) is 1. The standard InChI is InChI=1S/C33H35F6N3O2/c1-44-30-12-5-4-10-27(30)29(42-15-13-41(14-16-42)28-11-6-8-23-7-2-3-9-26(23)28)21-40-31(43)19-22-17-24(32(34,35)36)20-25(18-22)33(37,38)39/h2-5,7,9-10,12,17-18,20,28-29H,6,8,11,13-16,19,21H2,1H3,(H,40,43). The second-order valence-corrected chi connectivity index (χ2v) is 11.3. The van der Waals surface area contributed by atoms with E-state index in [2.05, 4.69) is 39.4 Å². The summed E-state index contributed by atoms with van der Waals surface area (Å²) in [5.41, 5.74) is 0.360. The van der Waals surface area contributed by atoms with Crippen LogP contribution in [-0.2, 0) is 30.0 Å². The van der Waals surface area contributed by atoms with Crippen molar-refractivity contribution in [1.29, 1.82) is 0 Å². The van der Waals surface area contributed by atoms with Gasteiger partial charge in [0.15, 0.2) is 0 Å². The number of nitrogens with one attached hydrogen (secondary N) is 1. The van der Waals surface area contributed by atoms with Crippen molar-refractivity contribution < 1.29 is 35.9 Å². The van der Waals surface area contributed by atoms with Gasteiger partial charge >= 0.3 is 12.4 Å². The smallest absolute Gasteiger partial charge is 0.416 e. The molecule has 0 aromatic heterocycles. The minimum absolute atomic E-state index is 0.0602. The van der Waals surface area contributed by atoms with Crippen molar-refractivity contribution in [1.82, 2.24) is 15.1 Å². The molecule has 1 heterocycles. The SMILES string of the molecule is COc1ccccc1C(CNC(=O)Cc1cc(C(F)(F)F)cc(C(F)(F)F)c1)N1CCN(C2CCCc3ccccc32)CC1. The van der Waals surface area contributed by atoms with Gasteiger partial charge in [-0.2, -0.15) is 26.3 Å². The highest BCUT2D eigenvalue weighted by atomic mass is 19.4. The fourth-order valence-corrected chi connectivity index (χ4v) is 6.43. The monoisotopic (exact) mass is 619 g/mol. The number of rotatable bonds is 8. The van der Waals surface area contributed by atoms with Gasteiger partial charge in [-0.25, -0.2) is 0 Å². The van der Waals surface area contributed by atoms with Crippen molar-refractivity contribution >= 4 is 5.91 Å². The maximum atomic E-state index is 13.3. The second kappa shape index (κ2) is 13.2. The Morgan fingerprint density at radius 2 is 1.55 bits per heavy atom. The molecule has 1 N–H and O–H groups in total. The van der Waals surface area contributed by atoms with E-state index in [0.29, 0.717) is 37.0 Å². The van der Waals surface area contributed by atoms with Crippen LogP contribution in [0, 0.1) is 0 Å². The molecule has 0 bridgehead atoms. The van der Waals surface area contributed by atoms with Gasteiger partial charge in [0.25, 0.3) is 0 Å². The van der Waals surface area contributed by atoms with E-state index in [-0.39, 0.29) is 24.2 Å². The molecule has 0 radical (unpaired) electrons. The fourth-order valence-electron chi connectivity index (χ4n) is 6.43. The summed E-state index contributed by atoms with van der Waals surface area (Å²) in [7, 11) is 1.55. The lowest BCUT2D eigenvalue weighted by Gasteiger charge is -2.44. The summed E-state index contributed by atoms with van der Waals surface area (Å²) >= 11 is 0. The minimum atomic E-state index is -4.98. The van der Waals surface area contributed by atoms with Crippen LogP contribution in [0.2, 0.25) is 0 Å². The number of carbonyl (C=O) groups is 1. The molecule has 2 atom stereocenters. The number of nitrogens with zero attached hydrogens (tertiary/aromatic N) is 2. The van der Waals surface area contributed by atoms with Crippen LogP contribution in [0.5, 0.6) is 5.75 Å². The van der Waals surface area contributed by atoms with Gasteiger partial charge in [-0.05, 0) is 60.2 Å². The number of halogens is 6. The largest absolute Gasteiger partial charge is 0.496 e. The number of alkyl halides is 6. The Bertz CT molecular complexity index is 1420. The normalized spacial score (nSPS) is 18.8. The number of hydrogen-bond donors (Lipinski definition) is 1. The highest BCUT2D eigenvalue weighted by Gasteiger charge is 2.37. The molecule has 3 aromatic rings. The molecule has 1 fully saturated rings. The molecule has 44 heavy (non-hydrogen) atoms. The maximum Gasteiger partial charge on any atom is 0.416 e. The van der Waals surface area contributed by atoms with Crippen molar-refractivity contribution in [2.45, 2.75) is 50.1 Å². The molecule has 1 aliphatic heterocycles. The number of piperazine rings is 1. The van der Waals surface area contributed by atoms with E-state index in [1.54, 1.807) is 7.11 Å². The van der Waals surface area contributed by atoms with E-state index >= 15 is 0 Å². The third kappa shape index (κ3) is 7.38. The van der Waals surface area contributed by atoms with Crippen LogP contribution in [0.15, 0.2) is 66.7 Å². The quantitative estimate of drug-likeness (QED) is 0.281. The van der Waals surface area contributed by atoms with Gasteiger partial charge in [0.1, 0.15) is 5.75 Å². The number of aryl methyl sites for hydroxylation is 1. The fraction of sp³-hybridized carbons (Fsp3) is 0.424. The lowest BCUT2D eigenvalue weighted by Crippen LogP contribution is -2.51. The predicted molar refractivity (Wildman–Crippen MR) is 154 cm³/mol. The summed E-state index contributed by atoms with van der Waals surface area (Å²) in [6.45, 7) is 3.14. The zero-order valence-electron chi connectivity index (χ0n) is 24.3. The summed E-state index contributed by atoms with van der Waals surface area (Å²) in [5, 5.41) is 2.77. The minimum Gasteiger partial charge on any atom is -0.496 e. The topological polar surface area (TPSA) is 44.8 Å². The Balaban J connectivity index is 1.30. The first-order valence-electron chi connectivity index (χ1n) is 14.7. The first-order chi connectivity index (χ1) is 20.9. The maximum absolute atomic E-state index is 13.3. The van der Waals surface area contributed by atoms with Crippen molar-refractivity contribution in [3.63, 3.8) is 0 Å². The average Bonchev–Trinajstić information content (AvgIpc) is 3.00. The molecule has 1 saturated heterocycles. The lowest BCUT2D eigenvalue weighted by molar-refractivity contribution is -0.143. The molecular formula is C33H35F6N3O2. The molecule has 236 valence electrons. The molecule has 0 spiro atoms. The summed E-state index contributed by atoms with van der Waals surface area (Å²) in [5.74, 6) is -0.0436. The van der Waals surface area contributed by atoms with Crippen LogP contribution in [0.3, 0.4) is 0 Å². The average molecular weight is 620 g/mol. The van der Waals surface area contributed by atoms with Gasteiger partial charge in [-0.3, -0.25) is 14.6 Å². The molecule has 2 unspecified atom stereocenters. The molecule has 5 rings (SSSR count). The van der Waals surface area contributed by atoms with Crippen LogP contribution >= 0.6 is 0 Å². The Morgan fingerprint density at radius 3 is 2.20 bits per heavy atom.